The van der Waals surface area contributed by atoms with Gasteiger partial charge in [-0.15, -0.1) is 0 Å². The van der Waals surface area contributed by atoms with E-state index in [4.69, 9.17) is 13.9 Å². The van der Waals surface area contributed by atoms with E-state index in [0.29, 0.717) is 18.8 Å². The van der Waals surface area contributed by atoms with Gasteiger partial charge in [0.2, 0.25) is 0 Å². The minimum absolute atomic E-state index is 0.387. The van der Waals surface area contributed by atoms with E-state index in [2.05, 4.69) is 5.32 Å². The van der Waals surface area contributed by atoms with Crippen molar-refractivity contribution in [1.82, 2.24) is 5.32 Å². The number of hydrogen-bond acceptors (Lipinski definition) is 4. The maximum atomic E-state index is 5.56. The van der Waals surface area contributed by atoms with E-state index in [-0.39, 0.29) is 0 Å². The van der Waals surface area contributed by atoms with Crippen LogP contribution < -0.4 is 5.32 Å². The molecular formula is C15H25NO3. The molecule has 108 valence electrons. The van der Waals surface area contributed by atoms with Gasteiger partial charge in [-0.3, -0.25) is 0 Å². The third kappa shape index (κ3) is 4.97. The van der Waals surface area contributed by atoms with E-state index < -0.39 is 0 Å². The molecule has 1 fully saturated rings. The number of hydrogen-bond donors (Lipinski definition) is 1. The average molecular weight is 267 g/mol. The summed E-state index contributed by atoms with van der Waals surface area (Å²) in [6.45, 7) is 2.32. The summed E-state index contributed by atoms with van der Waals surface area (Å²) in [6.07, 6.45) is 8.10. The molecule has 0 radical (unpaired) electrons. The minimum Gasteiger partial charge on any atom is -0.467 e. The molecule has 1 heterocycles. The third-order valence-electron chi connectivity index (χ3n) is 3.70. The molecule has 1 aromatic rings. The van der Waals surface area contributed by atoms with Crippen molar-refractivity contribution in [3.63, 3.8) is 0 Å². The van der Waals surface area contributed by atoms with Crippen LogP contribution in [0.25, 0.3) is 0 Å². The molecule has 0 saturated heterocycles. The Bertz CT molecular complexity index is 326. The van der Waals surface area contributed by atoms with Gasteiger partial charge in [-0.2, -0.15) is 0 Å². The maximum Gasteiger partial charge on any atom is 0.129 e. The lowest BCUT2D eigenvalue weighted by Crippen LogP contribution is -2.43. The number of methoxy groups -OCH3 is 1. The largest absolute Gasteiger partial charge is 0.467 e. The normalized spacial score (nSPS) is 23.6. The fourth-order valence-electron chi connectivity index (χ4n) is 2.64. The van der Waals surface area contributed by atoms with E-state index in [1.165, 1.54) is 25.7 Å². The molecule has 0 aromatic carbocycles. The molecule has 0 spiro atoms. The monoisotopic (exact) mass is 267 g/mol. The van der Waals surface area contributed by atoms with E-state index in [0.717, 1.165) is 25.3 Å². The fourth-order valence-corrected chi connectivity index (χ4v) is 2.64. The predicted molar refractivity (Wildman–Crippen MR) is 74.0 cm³/mol. The topological polar surface area (TPSA) is 43.6 Å². The lowest BCUT2D eigenvalue weighted by molar-refractivity contribution is 0.0402. The molecule has 1 N–H and O–H groups in total. The Balaban J connectivity index is 1.51. The lowest BCUT2D eigenvalue weighted by atomic mass is 9.92. The number of nitrogens with one attached hydrogen (secondary N) is 1. The van der Waals surface area contributed by atoms with Crippen molar-refractivity contribution in [3.8, 4) is 0 Å². The molecule has 1 saturated carbocycles. The Kier molecular flexibility index (Phi) is 6.41. The molecule has 4 heteroatoms. The Morgan fingerprint density at radius 1 is 1.37 bits per heavy atom. The number of ether oxygens (including phenoxy) is 2. The summed E-state index contributed by atoms with van der Waals surface area (Å²) in [4.78, 5) is 0. The fraction of sp³-hybridized carbons (Fsp3) is 0.733. The second-order valence-electron chi connectivity index (χ2n) is 5.10. The van der Waals surface area contributed by atoms with Crippen LogP contribution in [0.1, 0.15) is 37.9 Å². The van der Waals surface area contributed by atoms with Gasteiger partial charge in [0.05, 0.1) is 12.4 Å². The molecule has 0 amide bonds. The number of rotatable bonds is 8. The molecule has 1 aliphatic rings. The summed E-state index contributed by atoms with van der Waals surface area (Å²) < 4.78 is 16.3. The zero-order valence-electron chi connectivity index (χ0n) is 11.8. The summed E-state index contributed by atoms with van der Waals surface area (Å²) >= 11 is 0. The van der Waals surface area contributed by atoms with Crippen LogP contribution in [0.15, 0.2) is 22.8 Å². The molecule has 19 heavy (non-hydrogen) atoms. The van der Waals surface area contributed by atoms with Crippen molar-refractivity contribution in [1.29, 1.82) is 0 Å². The average Bonchev–Trinajstić information content (AvgIpc) is 2.96. The SMILES string of the molecule is COC1CCCCC1NCCCOCc1ccco1. The number of furan rings is 1. The summed E-state index contributed by atoms with van der Waals surface area (Å²) in [7, 11) is 1.82. The Labute approximate surface area is 115 Å². The van der Waals surface area contributed by atoms with Gasteiger partial charge < -0.3 is 19.2 Å². The third-order valence-corrected chi connectivity index (χ3v) is 3.70. The highest BCUT2D eigenvalue weighted by Gasteiger charge is 2.23. The van der Waals surface area contributed by atoms with Crippen LogP contribution in [-0.2, 0) is 16.1 Å². The van der Waals surface area contributed by atoms with E-state index >= 15 is 0 Å². The van der Waals surface area contributed by atoms with Crippen molar-refractivity contribution in [2.75, 3.05) is 20.3 Å². The zero-order chi connectivity index (χ0) is 13.3. The van der Waals surface area contributed by atoms with Gasteiger partial charge >= 0.3 is 0 Å². The highest BCUT2D eigenvalue weighted by molar-refractivity contribution is 4.95. The van der Waals surface area contributed by atoms with Crippen molar-refractivity contribution < 1.29 is 13.9 Å². The zero-order valence-corrected chi connectivity index (χ0v) is 11.8. The smallest absolute Gasteiger partial charge is 0.129 e. The predicted octanol–water partition coefficient (Wildman–Crippen LogP) is 2.73. The molecule has 2 unspecified atom stereocenters. The first-order valence-electron chi connectivity index (χ1n) is 7.26. The quantitative estimate of drug-likeness (QED) is 0.736. The van der Waals surface area contributed by atoms with E-state index in [1.54, 1.807) is 6.26 Å². The molecule has 1 aromatic heterocycles. The lowest BCUT2D eigenvalue weighted by Gasteiger charge is -2.31. The molecule has 2 atom stereocenters. The summed E-state index contributed by atoms with van der Waals surface area (Å²) in [5, 5.41) is 3.59. The van der Waals surface area contributed by atoms with Gasteiger partial charge in [-0.05, 0) is 37.9 Å². The summed E-state index contributed by atoms with van der Waals surface area (Å²) in [5.74, 6) is 0.889. The van der Waals surface area contributed by atoms with Crippen LogP contribution in [0.5, 0.6) is 0 Å². The first kappa shape index (κ1) is 14.6. The van der Waals surface area contributed by atoms with Crippen LogP contribution in [-0.4, -0.2) is 32.4 Å². The van der Waals surface area contributed by atoms with Crippen molar-refractivity contribution in [2.24, 2.45) is 0 Å². The van der Waals surface area contributed by atoms with Crippen molar-refractivity contribution in [2.45, 2.75) is 50.9 Å². The van der Waals surface area contributed by atoms with Gasteiger partial charge in [0.15, 0.2) is 0 Å². The minimum atomic E-state index is 0.387. The van der Waals surface area contributed by atoms with Crippen LogP contribution in [0, 0.1) is 0 Å². The van der Waals surface area contributed by atoms with Crippen LogP contribution >= 0.6 is 0 Å². The molecule has 0 bridgehead atoms. The van der Waals surface area contributed by atoms with Crippen LogP contribution in [0.3, 0.4) is 0 Å². The van der Waals surface area contributed by atoms with Gasteiger partial charge in [-0.25, -0.2) is 0 Å². The van der Waals surface area contributed by atoms with Crippen LogP contribution in [0.2, 0.25) is 0 Å². The summed E-state index contributed by atoms with van der Waals surface area (Å²) in [5.41, 5.74) is 0. The highest BCUT2D eigenvalue weighted by Crippen LogP contribution is 2.20. The second-order valence-corrected chi connectivity index (χ2v) is 5.10. The van der Waals surface area contributed by atoms with E-state index in [1.807, 2.05) is 19.2 Å². The molecule has 2 rings (SSSR count). The Morgan fingerprint density at radius 2 is 2.26 bits per heavy atom. The van der Waals surface area contributed by atoms with Gasteiger partial charge in [0.1, 0.15) is 12.4 Å². The van der Waals surface area contributed by atoms with Gasteiger partial charge in [0.25, 0.3) is 0 Å². The van der Waals surface area contributed by atoms with Gasteiger partial charge in [0, 0.05) is 19.8 Å². The van der Waals surface area contributed by atoms with E-state index in [9.17, 15) is 0 Å². The molecule has 4 nitrogen and oxygen atoms in total. The Morgan fingerprint density at radius 3 is 3.05 bits per heavy atom. The molecule has 1 aliphatic carbocycles. The Hall–Kier alpha value is -0.840. The van der Waals surface area contributed by atoms with Gasteiger partial charge in [-0.1, -0.05) is 12.8 Å². The van der Waals surface area contributed by atoms with Crippen molar-refractivity contribution in [3.05, 3.63) is 24.2 Å². The standard InChI is InChI=1S/C15H25NO3/c1-17-15-8-3-2-7-14(15)16-9-5-10-18-12-13-6-4-11-19-13/h4,6,11,14-16H,2-3,5,7-10,12H2,1H3. The second kappa shape index (κ2) is 8.35. The maximum absolute atomic E-state index is 5.56. The molecule has 0 aliphatic heterocycles. The first-order valence-corrected chi connectivity index (χ1v) is 7.26. The summed E-state index contributed by atoms with van der Waals surface area (Å²) in [6, 6.07) is 4.33. The molecular weight excluding hydrogens is 242 g/mol. The van der Waals surface area contributed by atoms with Crippen LogP contribution in [0.4, 0.5) is 0 Å². The van der Waals surface area contributed by atoms with Crippen molar-refractivity contribution >= 4 is 0 Å². The first-order chi connectivity index (χ1) is 9.40. The highest BCUT2D eigenvalue weighted by atomic mass is 16.5.